The van der Waals surface area contributed by atoms with Crippen molar-refractivity contribution >= 4 is 40.9 Å². The lowest BCUT2D eigenvalue weighted by molar-refractivity contribution is -0.141. The molecule has 0 saturated carbocycles. The highest BCUT2D eigenvalue weighted by Gasteiger charge is 2.16. The quantitative estimate of drug-likeness (QED) is 0.575. The van der Waals surface area contributed by atoms with Gasteiger partial charge in [-0.15, -0.1) is 0 Å². The monoisotopic (exact) mass is 395 g/mol. The van der Waals surface area contributed by atoms with E-state index in [1.807, 2.05) is 0 Å². The SMILES string of the molecule is COc1ccccc1C(=O)NCC(=O)OCC(=O)c1ccc(Cl)cc1Cl. The molecule has 0 spiro atoms. The Morgan fingerprint density at radius 3 is 2.46 bits per heavy atom. The summed E-state index contributed by atoms with van der Waals surface area (Å²) in [6.07, 6.45) is 0. The fraction of sp³-hybridized carbons (Fsp3) is 0.167. The number of hydrogen-bond acceptors (Lipinski definition) is 5. The third-order valence-corrected chi connectivity index (χ3v) is 3.89. The van der Waals surface area contributed by atoms with Crippen molar-refractivity contribution < 1.29 is 23.9 Å². The zero-order chi connectivity index (χ0) is 19.1. The molecule has 0 fully saturated rings. The number of hydrogen-bond donors (Lipinski definition) is 1. The maximum atomic E-state index is 12.1. The Morgan fingerprint density at radius 1 is 1.04 bits per heavy atom. The molecule has 0 aliphatic rings. The summed E-state index contributed by atoms with van der Waals surface area (Å²) in [5, 5.41) is 2.97. The molecule has 0 aliphatic heterocycles. The molecule has 26 heavy (non-hydrogen) atoms. The van der Waals surface area contributed by atoms with E-state index in [0.29, 0.717) is 10.8 Å². The van der Waals surface area contributed by atoms with Crippen LogP contribution >= 0.6 is 23.2 Å². The molecule has 136 valence electrons. The molecule has 0 radical (unpaired) electrons. The van der Waals surface area contributed by atoms with Crippen LogP contribution in [-0.2, 0) is 9.53 Å². The second-order valence-corrected chi connectivity index (χ2v) is 5.93. The van der Waals surface area contributed by atoms with Crippen LogP contribution in [0.3, 0.4) is 0 Å². The second-order valence-electron chi connectivity index (χ2n) is 5.09. The maximum Gasteiger partial charge on any atom is 0.325 e. The first-order valence-corrected chi connectivity index (χ1v) is 8.23. The summed E-state index contributed by atoms with van der Waals surface area (Å²) >= 11 is 11.7. The molecule has 0 aliphatic carbocycles. The molecule has 1 amide bonds. The van der Waals surface area contributed by atoms with E-state index in [1.165, 1.54) is 25.3 Å². The normalized spacial score (nSPS) is 10.1. The van der Waals surface area contributed by atoms with Crippen LogP contribution in [0.4, 0.5) is 0 Å². The largest absolute Gasteiger partial charge is 0.496 e. The number of carbonyl (C=O) groups is 3. The van der Waals surface area contributed by atoms with Crippen LogP contribution in [-0.4, -0.2) is 37.9 Å². The Balaban J connectivity index is 1.85. The third-order valence-electron chi connectivity index (χ3n) is 3.34. The summed E-state index contributed by atoms with van der Waals surface area (Å²) in [4.78, 5) is 35.8. The average molecular weight is 396 g/mol. The van der Waals surface area contributed by atoms with Crippen LogP contribution in [0.1, 0.15) is 20.7 Å². The Morgan fingerprint density at radius 2 is 1.77 bits per heavy atom. The summed E-state index contributed by atoms with van der Waals surface area (Å²) < 4.78 is 9.94. The average Bonchev–Trinajstić information content (AvgIpc) is 2.64. The number of Topliss-reactive ketones (excluding diaryl/α,β-unsaturated/α-hetero) is 1. The van der Waals surface area contributed by atoms with E-state index in [0.717, 1.165) is 0 Å². The van der Waals surface area contributed by atoms with E-state index < -0.39 is 30.8 Å². The van der Waals surface area contributed by atoms with Crippen LogP contribution in [0.15, 0.2) is 42.5 Å². The number of para-hydroxylation sites is 1. The Hall–Kier alpha value is -2.57. The first-order valence-electron chi connectivity index (χ1n) is 7.47. The van der Waals surface area contributed by atoms with Gasteiger partial charge in [0.2, 0.25) is 5.78 Å². The molecule has 0 saturated heterocycles. The van der Waals surface area contributed by atoms with Crippen LogP contribution in [0, 0.1) is 0 Å². The predicted molar refractivity (Wildman–Crippen MR) is 97.1 cm³/mol. The van der Waals surface area contributed by atoms with Crippen molar-refractivity contribution in [2.45, 2.75) is 0 Å². The fourth-order valence-corrected chi connectivity index (χ4v) is 2.58. The number of carbonyl (C=O) groups excluding carboxylic acids is 3. The first kappa shape index (κ1) is 19.8. The molecule has 2 aromatic carbocycles. The maximum absolute atomic E-state index is 12.1. The summed E-state index contributed by atoms with van der Waals surface area (Å²) in [7, 11) is 1.44. The number of halogens is 2. The van der Waals surface area contributed by atoms with Crippen molar-refractivity contribution in [3.05, 3.63) is 63.6 Å². The number of esters is 1. The molecule has 0 atom stereocenters. The number of rotatable bonds is 7. The van der Waals surface area contributed by atoms with Crippen molar-refractivity contribution in [3.8, 4) is 5.75 Å². The van der Waals surface area contributed by atoms with Gasteiger partial charge in [-0.2, -0.15) is 0 Å². The van der Waals surface area contributed by atoms with E-state index in [2.05, 4.69) is 5.32 Å². The van der Waals surface area contributed by atoms with Gasteiger partial charge in [0.15, 0.2) is 6.61 Å². The molecule has 0 heterocycles. The summed E-state index contributed by atoms with van der Waals surface area (Å²) in [6.45, 7) is -0.886. The van der Waals surface area contributed by atoms with Gasteiger partial charge in [0.1, 0.15) is 12.3 Å². The molecule has 6 nitrogen and oxygen atoms in total. The van der Waals surface area contributed by atoms with Crippen LogP contribution in [0.25, 0.3) is 0 Å². The lowest BCUT2D eigenvalue weighted by atomic mass is 10.1. The number of benzene rings is 2. The van der Waals surface area contributed by atoms with Gasteiger partial charge < -0.3 is 14.8 Å². The van der Waals surface area contributed by atoms with Crippen LogP contribution < -0.4 is 10.1 Å². The topological polar surface area (TPSA) is 81.7 Å². The lowest BCUT2D eigenvalue weighted by Gasteiger charge is -2.09. The highest BCUT2D eigenvalue weighted by atomic mass is 35.5. The van der Waals surface area contributed by atoms with Gasteiger partial charge in [0, 0.05) is 10.6 Å². The van der Waals surface area contributed by atoms with Gasteiger partial charge in [-0.3, -0.25) is 14.4 Å². The molecule has 8 heteroatoms. The van der Waals surface area contributed by atoms with Crippen LogP contribution in [0.5, 0.6) is 5.75 Å². The number of methoxy groups -OCH3 is 1. The summed E-state index contributed by atoms with van der Waals surface area (Å²) in [5.74, 6) is -1.35. The Kier molecular flexibility index (Phi) is 7.00. The molecule has 0 bridgehead atoms. The predicted octanol–water partition coefficient (Wildman–Crippen LogP) is 3.16. The van der Waals surface area contributed by atoms with E-state index in [1.54, 1.807) is 24.3 Å². The molecular formula is C18H15Cl2NO5. The zero-order valence-corrected chi connectivity index (χ0v) is 15.3. The molecule has 2 rings (SSSR count). The number of amides is 1. The minimum absolute atomic E-state index is 0.169. The van der Waals surface area contributed by atoms with E-state index in [-0.39, 0.29) is 16.1 Å². The van der Waals surface area contributed by atoms with Crippen molar-refractivity contribution in [2.24, 2.45) is 0 Å². The molecule has 0 unspecified atom stereocenters. The molecule has 0 aromatic heterocycles. The Bertz CT molecular complexity index is 838. The van der Waals surface area contributed by atoms with E-state index in [4.69, 9.17) is 32.7 Å². The van der Waals surface area contributed by atoms with Gasteiger partial charge in [-0.25, -0.2) is 0 Å². The Labute approximate surface area is 160 Å². The van der Waals surface area contributed by atoms with Crippen molar-refractivity contribution in [3.63, 3.8) is 0 Å². The van der Waals surface area contributed by atoms with Gasteiger partial charge in [-0.1, -0.05) is 35.3 Å². The lowest BCUT2D eigenvalue weighted by Crippen LogP contribution is -2.31. The van der Waals surface area contributed by atoms with Crippen molar-refractivity contribution in [2.75, 3.05) is 20.3 Å². The molecular weight excluding hydrogens is 381 g/mol. The molecule has 1 N–H and O–H groups in total. The van der Waals surface area contributed by atoms with Crippen molar-refractivity contribution in [1.29, 1.82) is 0 Å². The van der Waals surface area contributed by atoms with Gasteiger partial charge in [-0.05, 0) is 30.3 Å². The third kappa shape index (κ3) is 5.21. The number of ether oxygens (including phenoxy) is 2. The minimum Gasteiger partial charge on any atom is -0.496 e. The molecule has 2 aromatic rings. The van der Waals surface area contributed by atoms with Gasteiger partial charge in [0.25, 0.3) is 5.91 Å². The number of ketones is 1. The highest BCUT2D eigenvalue weighted by Crippen LogP contribution is 2.21. The minimum atomic E-state index is -0.758. The summed E-state index contributed by atoms with van der Waals surface area (Å²) in [5.41, 5.74) is 0.480. The van der Waals surface area contributed by atoms with E-state index >= 15 is 0 Å². The van der Waals surface area contributed by atoms with Gasteiger partial charge in [0.05, 0.1) is 17.7 Å². The first-order chi connectivity index (χ1) is 12.4. The standard InChI is InChI=1S/C18H15Cl2NO5/c1-25-16-5-3-2-4-13(16)18(24)21-9-17(23)26-10-15(22)12-7-6-11(19)8-14(12)20/h2-8H,9-10H2,1H3,(H,21,24). The zero-order valence-electron chi connectivity index (χ0n) is 13.8. The summed E-state index contributed by atoms with van der Waals surface area (Å²) in [6, 6.07) is 11.0. The van der Waals surface area contributed by atoms with Gasteiger partial charge >= 0.3 is 5.97 Å². The number of nitrogens with one attached hydrogen (secondary N) is 1. The fourth-order valence-electron chi connectivity index (χ4n) is 2.07. The van der Waals surface area contributed by atoms with Crippen molar-refractivity contribution in [1.82, 2.24) is 5.32 Å². The van der Waals surface area contributed by atoms with Crippen LogP contribution in [0.2, 0.25) is 10.0 Å². The smallest absolute Gasteiger partial charge is 0.325 e. The highest BCUT2D eigenvalue weighted by molar-refractivity contribution is 6.36. The van der Waals surface area contributed by atoms with E-state index in [9.17, 15) is 14.4 Å². The second kappa shape index (κ2) is 9.22.